The lowest BCUT2D eigenvalue weighted by Crippen LogP contribution is -2.44. The Morgan fingerprint density at radius 2 is 1.68 bits per heavy atom. The average Bonchev–Trinajstić information content (AvgIpc) is 3.20. The van der Waals surface area contributed by atoms with Crippen molar-refractivity contribution < 1.29 is 14.7 Å². The van der Waals surface area contributed by atoms with Crippen LogP contribution in [0.25, 0.3) is 10.9 Å². The van der Waals surface area contributed by atoms with E-state index in [2.05, 4.69) is 4.98 Å². The van der Waals surface area contributed by atoms with Gasteiger partial charge in [0.15, 0.2) is 0 Å². The minimum absolute atomic E-state index is 0.182. The highest BCUT2D eigenvalue weighted by molar-refractivity contribution is 6.30. The van der Waals surface area contributed by atoms with E-state index in [4.69, 9.17) is 11.6 Å². The Kier molecular flexibility index (Phi) is 4.75. The molecular formula is C25H19ClN2O3. The highest BCUT2D eigenvalue weighted by Crippen LogP contribution is 2.45. The van der Waals surface area contributed by atoms with Crippen molar-refractivity contribution in [1.29, 1.82) is 0 Å². The van der Waals surface area contributed by atoms with Gasteiger partial charge in [0.25, 0.3) is 5.91 Å². The lowest BCUT2D eigenvalue weighted by Gasteiger charge is -2.40. The molecule has 0 aliphatic carbocycles. The van der Waals surface area contributed by atoms with Gasteiger partial charge in [0, 0.05) is 39.8 Å². The van der Waals surface area contributed by atoms with Crippen molar-refractivity contribution in [2.45, 2.75) is 18.5 Å². The lowest BCUT2D eigenvalue weighted by molar-refractivity contribution is -0.140. The number of aromatic amines is 1. The summed E-state index contributed by atoms with van der Waals surface area (Å²) in [4.78, 5) is 31.0. The Balaban J connectivity index is 1.71. The summed E-state index contributed by atoms with van der Waals surface area (Å²) in [7, 11) is 0. The Morgan fingerprint density at radius 3 is 2.45 bits per heavy atom. The number of H-pyrrole nitrogens is 1. The Morgan fingerprint density at radius 1 is 0.968 bits per heavy atom. The van der Waals surface area contributed by atoms with Gasteiger partial charge in [-0.3, -0.25) is 9.59 Å². The second kappa shape index (κ2) is 7.60. The second-order valence-electron chi connectivity index (χ2n) is 7.70. The summed E-state index contributed by atoms with van der Waals surface area (Å²) in [6.07, 6.45) is 1.82. The monoisotopic (exact) mass is 430 g/mol. The third-order valence-corrected chi connectivity index (χ3v) is 6.16. The van der Waals surface area contributed by atoms with Crippen molar-refractivity contribution in [2.24, 2.45) is 0 Å². The first kappa shape index (κ1) is 19.4. The minimum Gasteiger partial charge on any atom is -0.481 e. The standard InChI is InChI=1S/C25H19ClN2O3/c26-16-11-9-15(10-12-16)14-28-23(20-13-27-21-8-4-3-5-17(20)21)22(25(30)31)18-6-1-2-7-19(18)24(28)29/h1-13,22-23,27H,14H2,(H,30,31). The number of nitrogens with one attached hydrogen (secondary N) is 1. The van der Waals surface area contributed by atoms with E-state index < -0.39 is 17.9 Å². The fourth-order valence-corrected chi connectivity index (χ4v) is 4.63. The molecule has 1 amide bonds. The second-order valence-corrected chi connectivity index (χ2v) is 8.13. The number of hydrogen-bond acceptors (Lipinski definition) is 2. The molecule has 1 aliphatic heterocycles. The Labute approximate surface area is 183 Å². The van der Waals surface area contributed by atoms with E-state index in [1.54, 1.807) is 41.3 Å². The fraction of sp³-hybridized carbons (Fsp3) is 0.120. The summed E-state index contributed by atoms with van der Waals surface area (Å²) in [5.41, 5.74) is 3.55. The molecule has 0 saturated carbocycles. The van der Waals surface area contributed by atoms with Gasteiger partial charge in [-0.15, -0.1) is 0 Å². The third-order valence-electron chi connectivity index (χ3n) is 5.91. The Bertz CT molecular complexity index is 1300. The summed E-state index contributed by atoms with van der Waals surface area (Å²) in [5, 5.41) is 11.8. The smallest absolute Gasteiger partial charge is 0.313 e. The van der Waals surface area contributed by atoms with Gasteiger partial charge < -0.3 is 15.0 Å². The first-order chi connectivity index (χ1) is 15.0. The number of amides is 1. The van der Waals surface area contributed by atoms with Crippen molar-refractivity contribution >= 4 is 34.4 Å². The van der Waals surface area contributed by atoms with Crippen molar-refractivity contribution in [1.82, 2.24) is 9.88 Å². The maximum atomic E-state index is 13.6. The number of hydrogen-bond donors (Lipinski definition) is 2. The van der Waals surface area contributed by atoms with Crippen LogP contribution in [-0.2, 0) is 11.3 Å². The highest BCUT2D eigenvalue weighted by atomic mass is 35.5. The molecule has 1 aliphatic rings. The molecule has 2 heterocycles. The molecule has 6 heteroatoms. The van der Waals surface area contributed by atoms with Gasteiger partial charge in [0.2, 0.25) is 0 Å². The number of halogens is 1. The number of carboxylic acids is 1. The zero-order valence-electron chi connectivity index (χ0n) is 16.5. The summed E-state index contributed by atoms with van der Waals surface area (Å²) in [6, 6.07) is 21.3. The molecular weight excluding hydrogens is 412 g/mol. The van der Waals surface area contributed by atoms with Crippen LogP contribution in [0.1, 0.15) is 39.0 Å². The topological polar surface area (TPSA) is 73.4 Å². The van der Waals surface area contributed by atoms with Crippen LogP contribution in [0.4, 0.5) is 0 Å². The average molecular weight is 431 g/mol. The van der Waals surface area contributed by atoms with Gasteiger partial charge in [0.05, 0.1) is 6.04 Å². The van der Waals surface area contributed by atoms with Crippen LogP contribution < -0.4 is 0 Å². The molecule has 1 aromatic heterocycles. The number of aliphatic carboxylic acids is 1. The van der Waals surface area contributed by atoms with E-state index in [1.165, 1.54) is 0 Å². The largest absolute Gasteiger partial charge is 0.481 e. The molecule has 2 N–H and O–H groups in total. The number of nitrogens with zero attached hydrogens (tertiary/aromatic N) is 1. The number of aromatic nitrogens is 1. The van der Waals surface area contributed by atoms with E-state index in [1.807, 2.05) is 42.6 Å². The van der Waals surface area contributed by atoms with Crippen molar-refractivity contribution in [3.05, 3.63) is 106 Å². The summed E-state index contributed by atoms with van der Waals surface area (Å²) in [6.45, 7) is 0.276. The van der Waals surface area contributed by atoms with Crippen LogP contribution in [0.3, 0.4) is 0 Å². The quantitative estimate of drug-likeness (QED) is 0.456. The number of carboxylic acid groups (broad SMARTS) is 1. The number of rotatable bonds is 4. The summed E-state index contributed by atoms with van der Waals surface area (Å²) in [5.74, 6) is -2.03. The van der Waals surface area contributed by atoms with Crippen LogP contribution in [0, 0.1) is 0 Å². The number of carbonyl (C=O) groups excluding carboxylic acids is 1. The Hall–Kier alpha value is -3.57. The third kappa shape index (κ3) is 3.27. The maximum absolute atomic E-state index is 13.6. The van der Waals surface area contributed by atoms with Crippen molar-refractivity contribution in [3.8, 4) is 0 Å². The van der Waals surface area contributed by atoms with E-state index >= 15 is 0 Å². The van der Waals surface area contributed by atoms with Crippen LogP contribution >= 0.6 is 11.6 Å². The van der Waals surface area contributed by atoms with Gasteiger partial charge in [-0.1, -0.05) is 60.1 Å². The first-order valence-corrected chi connectivity index (χ1v) is 10.4. The molecule has 2 unspecified atom stereocenters. The van der Waals surface area contributed by atoms with Gasteiger partial charge in [0.1, 0.15) is 5.92 Å². The molecule has 0 fully saturated rings. The summed E-state index contributed by atoms with van der Waals surface area (Å²) >= 11 is 6.03. The molecule has 0 bridgehead atoms. The number of fused-ring (bicyclic) bond motifs is 2. The molecule has 3 aromatic carbocycles. The molecule has 4 aromatic rings. The fourth-order valence-electron chi connectivity index (χ4n) is 4.50. The first-order valence-electron chi connectivity index (χ1n) is 9.98. The van der Waals surface area contributed by atoms with Gasteiger partial charge in [-0.2, -0.15) is 0 Å². The highest BCUT2D eigenvalue weighted by Gasteiger charge is 2.45. The molecule has 5 rings (SSSR count). The predicted molar refractivity (Wildman–Crippen MR) is 119 cm³/mol. The van der Waals surface area contributed by atoms with E-state index in [0.29, 0.717) is 16.1 Å². The molecule has 0 spiro atoms. The summed E-state index contributed by atoms with van der Waals surface area (Å²) < 4.78 is 0. The molecule has 0 radical (unpaired) electrons. The number of para-hydroxylation sites is 1. The zero-order chi connectivity index (χ0) is 21.5. The minimum atomic E-state index is -0.962. The molecule has 154 valence electrons. The van der Waals surface area contributed by atoms with Crippen molar-refractivity contribution in [2.75, 3.05) is 0 Å². The number of benzene rings is 3. The van der Waals surface area contributed by atoms with E-state index in [9.17, 15) is 14.7 Å². The van der Waals surface area contributed by atoms with Gasteiger partial charge in [-0.25, -0.2) is 0 Å². The molecule has 31 heavy (non-hydrogen) atoms. The number of carbonyl (C=O) groups is 2. The van der Waals surface area contributed by atoms with Crippen LogP contribution in [0.2, 0.25) is 5.02 Å². The molecule has 2 atom stereocenters. The van der Waals surface area contributed by atoms with Crippen LogP contribution in [0.5, 0.6) is 0 Å². The van der Waals surface area contributed by atoms with Gasteiger partial charge in [-0.05, 0) is 35.4 Å². The zero-order valence-corrected chi connectivity index (χ0v) is 17.2. The predicted octanol–water partition coefficient (Wildman–Crippen LogP) is 5.39. The van der Waals surface area contributed by atoms with Crippen molar-refractivity contribution in [3.63, 3.8) is 0 Å². The SMILES string of the molecule is O=C(O)C1c2ccccc2C(=O)N(Cc2ccc(Cl)cc2)C1c1c[nH]c2ccccc12. The van der Waals surface area contributed by atoms with Gasteiger partial charge >= 0.3 is 5.97 Å². The van der Waals surface area contributed by atoms with E-state index in [-0.39, 0.29) is 12.5 Å². The molecule has 0 saturated heterocycles. The van der Waals surface area contributed by atoms with E-state index in [0.717, 1.165) is 22.0 Å². The maximum Gasteiger partial charge on any atom is 0.313 e. The lowest BCUT2D eigenvalue weighted by atomic mass is 9.79. The normalized spacial score (nSPS) is 18.2. The van der Waals surface area contributed by atoms with Crippen LogP contribution in [-0.4, -0.2) is 26.9 Å². The van der Waals surface area contributed by atoms with Crippen LogP contribution in [0.15, 0.2) is 79.0 Å². The molecule has 5 nitrogen and oxygen atoms in total.